The first kappa shape index (κ1) is 27.9. The third-order valence-electron chi connectivity index (χ3n) is 8.26. The van der Waals surface area contributed by atoms with E-state index >= 15 is 0 Å². The predicted octanol–water partition coefficient (Wildman–Crippen LogP) is 3.45. The van der Waals surface area contributed by atoms with Crippen molar-refractivity contribution in [3.05, 3.63) is 59.2 Å². The fourth-order valence-electron chi connectivity index (χ4n) is 6.09. The van der Waals surface area contributed by atoms with Gasteiger partial charge in [0.1, 0.15) is 5.82 Å². The first-order chi connectivity index (χ1) is 18.1. The van der Waals surface area contributed by atoms with E-state index in [9.17, 15) is 9.18 Å². The maximum atomic E-state index is 13.9. The fraction of sp³-hybridized carbons (Fsp3) is 0.586. The number of anilines is 1. The molecule has 9 heteroatoms. The van der Waals surface area contributed by atoms with Crippen molar-refractivity contribution in [1.29, 1.82) is 0 Å². The molecular weight excluding hydrogens is 594 g/mol. The number of halogens is 2. The van der Waals surface area contributed by atoms with Crippen LogP contribution in [0, 0.1) is 5.82 Å². The Morgan fingerprint density at radius 1 is 1.13 bits per heavy atom. The Kier molecular flexibility index (Phi) is 8.40. The largest absolute Gasteiger partial charge is 0.311 e. The average Bonchev–Trinajstić information content (AvgIpc) is 3.14. The van der Waals surface area contributed by atoms with Crippen LogP contribution < -0.4 is 10.2 Å². The number of nitrogens with one attached hydrogen (secondary N) is 1. The van der Waals surface area contributed by atoms with Crippen LogP contribution in [0.5, 0.6) is 0 Å². The summed E-state index contributed by atoms with van der Waals surface area (Å²) in [6.07, 6.45) is 2.56. The van der Waals surface area contributed by atoms with Crippen molar-refractivity contribution in [2.75, 3.05) is 57.3 Å². The molecule has 3 atom stereocenters. The van der Waals surface area contributed by atoms with Gasteiger partial charge in [-0.25, -0.2) is 7.50 Å². The van der Waals surface area contributed by atoms with Gasteiger partial charge >= 0.3 is 0 Å². The molecule has 1 aromatic heterocycles. The maximum absolute atomic E-state index is 13.9. The molecule has 0 radical (unpaired) electrons. The second-order valence-corrected chi connectivity index (χ2v) is 13.3. The summed E-state index contributed by atoms with van der Waals surface area (Å²) in [5, 5.41) is 3.64. The molecule has 0 spiro atoms. The minimum Gasteiger partial charge on any atom is -0.311 e. The lowest BCUT2D eigenvalue weighted by atomic mass is 9.91. The summed E-state index contributed by atoms with van der Waals surface area (Å²) < 4.78 is 15.7. The van der Waals surface area contributed by atoms with Crippen molar-refractivity contribution in [2.24, 2.45) is 0 Å². The Bertz CT molecular complexity index is 1140. The lowest BCUT2D eigenvalue weighted by molar-refractivity contribution is -0.120. The van der Waals surface area contributed by atoms with Crippen LogP contribution in [0.2, 0.25) is 0 Å². The number of fused-ring (bicyclic) bond motifs is 1. The summed E-state index contributed by atoms with van der Waals surface area (Å²) in [5.74, 6) is -0.0941. The van der Waals surface area contributed by atoms with E-state index in [0.29, 0.717) is 37.6 Å². The first-order valence-electron chi connectivity index (χ1n) is 13.8. The number of nitrogens with zero attached hydrogens (tertiary/aromatic N) is 5. The van der Waals surface area contributed by atoms with Crippen molar-refractivity contribution in [2.45, 2.75) is 57.7 Å². The minimum absolute atomic E-state index is 0.141. The molecule has 206 valence electrons. The molecule has 2 saturated heterocycles. The second kappa shape index (κ2) is 11.4. The monoisotopic (exact) mass is 634 g/mol. The maximum Gasteiger partial charge on any atom is 0.241 e. The highest BCUT2D eigenvalue weighted by molar-refractivity contribution is 14.1. The van der Waals surface area contributed by atoms with Gasteiger partial charge in [0.2, 0.25) is 5.91 Å². The van der Waals surface area contributed by atoms with Crippen molar-refractivity contribution < 1.29 is 9.18 Å². The number of pyridine rings is 1. The van der Waals surface area contributed by atoms with Crippen LogP contribution in [0.4, 0.5) is 10.1 Å². The molecule has 5 rings (SSSR count). The van der Waals surface area contributed by atoms with Crippen LogP contribution >= 0.6 is 22.9 Å². The van der Waals surface area contributed by atoms with Crippen LogP contribution in [-0.4, -0.2) is 94.3 Å². The first-order valence-corrected chi connectivity index (χ1v) is 14.7. The van der Waals surface area contributed by atoms with Crippen molar-refractivity contribution in [3.63, 3.8) is 0 Å². The average molecular weight is 635 g/mol. The molecule has 0 aliphatic carbocycles. The van der Waals surface area contributed by atoms with E-state index in [0.717, 1.165) is 61.8 Å². The smallest absolute Gasteiger partial charge is 0.241 e. The zero-order chi connectivity index (χ0) is 27.0. The van der Waals surface area contributed by atoms with E-state index in [1.807, 2.05) is 23.2 Å². The van der Waals surface area contributed by atoms with Crippen LogP contribution in [0.1, 0.15) is 44.5 Å². The number of aromatic nitrogens is 1. The summed E-state index contributed by atoms with van der Waals surface area (Å²) in [4.78, 5) is 25.6. The summed E-state index contributed by atoms with van der Waals surface area (Å²) in [5.41, 5.74) is 3.75. The highest BCUT2D eigenvalue weighted by Gasteiger charge is 2.41. The van der Waals surface area contributed by atoms with E-state index in [1.54, 1.807) is 0 Å². The molecule has 1 amide bonds. The van der Waals surface area contributed by atoms with Crippen LogP contribution in [0.3, 0.4) is 0 Å². The Balaban J connectivity index is 1.32. The number of hydrogen-bond donors (Lipinski definition) is 1. The number of hydrogen-bond acceptors (Lipinski definition) is 6. The van der Waals surface area contributed by atoms with Crippen molar-refractivity contribution >= 4 is 34.5 Å². The van der Waals surface area contributed by atoms with E-state index in [2.05, 4.69) is 74.9 Å². The molecule has 3 aliphatic heterocycles. The van der Waals surface area contributed by atoms with Gasteiger partial charge in [0.05, 0.1) is 17.9 Å². The van der Waals surface area contributed by atoms with Gasteiger partial charge in [-0.15, -0.1) is 0 Å². The summed E-state index contributed by atoms with van der Waals surface area (Å²) in [7, 11) is 0. The van der Waals surface area contributed by atoms with Crippen molar-refractivity contribution in [1.82, 2.24) is 23.2 Å². The number of rotatable bonds is 6. The molecule has 3 aliphatic rings. The molecule has 2 aromatic rings. The Labute approximate surface area is 240 Å². The summed E-state index contributed by atoms with van der Waals surface area (Å²) >= 11 is 2.42. The number of benzene rings is 1. The van der Waals surface area contributed by atoms with Gasteiger partial charge in [0.25, 0.3) is 0 Å². The Morgan fingerprint density at radius 2 is 1.89 bits per heavy atom. The van der Waals surface area contributed by atoms with E-state index < -0.39 is 0 Å². The minimum atomic E-state index is -0.235. The highest BCUT2D eigenvalue weighted by atomic mass is 127. The van der Waals surface area contributed by atoms with E-state index in [4.69, 9.17) is 4.98 Å². The number of carbonyl (C=O) groups excluding carboxylic acids is 1. The van der Waals surface area contributed by atoms with Gasteiger partial charge in [-0.1, -0.05) is 26.0 Å². The molecule has 0 bridgehead atoms. The number of amides is 1. The van der Waals surface area contributed by atoms with Gasteiger partial charge < -0.3 is 10.2 Å². The Hall–Kier alpha value is -1.66. The third-order valence-corrected chi connectivity index (χ3v) is 9.13. The lowest BCUT2D eigenvalue weighted by Gasteiger charge is -2.44. The Morgan fingerprint density at radius 3 is 2.63 bits per heavy atom. The number of carbonyl (C=O) groups is 1. The van der Waals surface area contributed by atoms with Gasteiger partial charge in [-0.3, -0.25) is 19.6 Å². The summed E-state index contributed by atoms with van der Waals surface area (Å²) in [6.45, 7) is 15.8. The molecule has 4 heterocycles. The molecule has 7 nitrogen and oxygen atoms in total. The molecule has 38 heavy (non-hydrogen) atoms. The topological polar surface area (TPSA) is 55.0 Å². The van der Waals surface area contributed by atoms with Crippen LogP contribution in [0.15, 0.2) is 36.5 Å². The molecular formula is C29H40FIN6O. The second-order valence-electron chi connectivity index (χ2n) is 12.0. The van der Waals surface area contributed by atoms with Gasteiger partial charge in [-0.05, 0) is 49.6 Å². The van der Waals surface area contributed by atoms with Gasteiger partial charge in [0, 0.05) is 98.4 Å². The van der Waals surface area contributed by atoms with Gasteiger partial charge in [0.15, 0.2) is 0 Å². The predicted molar refractivity (Wildman–Crippen MR) is 158 cm³/mol. The third kappa shape index (κ3) is 6.22. The fourth-order valence-corrected chi connectivity index (χ4v) is 6.88. The lowest BCUT2D eigenvalue weighted by Crippen LogP contribution is -2.62. The summed E-state index contributed by atoms with van der Waals surface area (Å²) in [6, 6.07) is 9.87. The van der Waals surface area contributed by atoms with Gasteiger partial charge in [-0.2, -0.15) is 0 Å². The van der Waals surface area contributed by atoms with E-state index in [-0.39, 0.29) is 17.1 Å². The normalized spacial score (nSPS) is 26.5. The molecule has 1 N–H and O–H groups in total. The van der Waals surface area contributed by atoms with E-state index in [1.165, 1.54) is 12.1 Å². The van der Waals surface area contributed by atoms with Crippen LogP contribution in [-0.2, 0) is 16.6 Å². The zero-order valence-electron chi connectivity index (χ0n) is 23.0. The molecule has 1 aromatic carbocycles. The molecule has 2 fully saturated rings. The van der Waals surface area contributed by atoms with Crippen molar-refractivity contribution in [3.8, 4) is 0 Å². The molecule has 0 saturated carbocycles. The van der Waals surface area contributed by atoms with Crippen LogP contribution in [0.25, 0.3) is 0 Å². The quantitative estimate of drug-likeness (QED) is 0.389. The molecule has 1 unspecified atom stereocenters. The standard InChI is InChI=1S/C29H40FIN6O/c1-20-15-35(25(14-32-20)17-34-9-10-36(31)16-21(34)2)18-27(38)37-19-29(3,4)28-26(37)12-23(13-33-28)11-22-5-7-24(30)8-6-22/h5-8,12-13,20-21,25,32H,9-11,14-19H2,1-4H3/t20-,21-,25?/m1/s1. The SMILES string of the molecule is C[C@@H]1CN(CC(=O)N2CC(C)(C)c3ncc(Cc4ccc(F)cc4)cc32)C(CN2CCN(I)C[C@H]2C)CN1. The number of piperazine rings is 2. The zero-order valence-corrected chi connectivity index (χ0v) is 25.1. The highest BCUT2D eigenvalue weighted by Crippen LogP contribution is 2.39.